The van der Waals surface area contributed by atoms with Gasteiger partial charge in [0.15, 0.2) is 0 Å². The molecule has 0 aromatic carbocycles. The summed E-state index contributed by atoms with van der Waals surface area (Å²) in [5.41, 5.74) is 1.90. The molecular formula is C19H36O2. The van der Waals surface area contributed by atoms with Crippen LogP contribution in [0.25, 0.3) is 0 Å². The van der Waals surface area contributed by atoms with E-state index in [0.29, 0.717) is 11.3 Å². The molecule has 0 aromatic heterocycles. The van der Waals surface area contributed by atoms with Gasteiger partial charge in [0.05, 0.1) is 6.10 Å². The summed E-state index contributed by atoms with van der Waals surface area (Å²) in [6.07, 6.45) is 9.66. The fourth-order valence-corrected chi connectivity index (χ4v) is 2.77. The van der Waals surface area contributed by atoms with E-state index in [1.807, 2.05) is 20.8 Å². The van der Waals surface area contributed by atoms with Crippen LogP contribution >= 0.6 is 0 Å². The number of rotatable bonds is 6. The highest BCUT2D eigenvalue weighted by Crippen LogP contribution is 2.41. The molecule has 1 aliphatic carbocycles. The van der Waals surface area contributed by atoms with Crippen molar-refractivity contribution in [3.63, 3.8) is 0 Å². The van der Waals surface area contributed by atoms with Gasteiger partial charge < -0.3 is 9.47 Å². The van der Waals surface area contributed by atoms with E-state index in [2.05, 4.69) is 45.9 Å². The molecule has 0 fully saturated rings. The lowest BCUT2D eigenvalue weighted by Gasteiger charge is -2.36. The zero-order valence-corrected chi connectivity index (χ0v) is 15.2. The minimum Gasteiger partial charge on any atom is -0.382 e. The maximum absolute atomic E-state index is 5.53. The van der Waals surface area contributed by atoms with Crippen LogP contribution in [-0.2, 0) is 9.47 Å². The van der Waals surface area contributed by atoms with Gasteiger partial charge in [-0.15, -0.1) is 0 Å². The molecule has 0 N–H and O–H groups in total. The van der Waals surface area contributed by atoms with Crippen LogP contribution in [-0.4, -0.2) is 25.9 Å². The van der Waals surface area contributed by atoms with Crippen molar-refractivity contribution in [2.24, 2.45) is 11.3 Å². The van der Waals surface area contributed by atoms with Gasteiger partial charge in [-0.3, -0.25) is 0 Å². The molecule has 0 saturated heterocycles. The van der Waals surface area contributed by atoms with Gasteiger partial charge in [0, 0.05) is 25.7 Å². The van der Waals surface area contributed by atoms with Gasteiger partial charge in [-0.25, -0.2) is 0 Å². The Labute approximate surface area is 132 Å². The molecule has 0 bridgehead atoms. The van der Waals surface area contributed by atoms with Crippen molar-refractivity contribution in [3.8, 4) is 0 Å². The van der Waals surface area contributed by atoms with E-state index in [9.17, 15) is 0 Å². The van der Waals surface area contributed by atoms with Crippen molar-refractivity contribution in [2.75, 3.05) is 19.8 Å². The predicted octanol–water partition coefficient (Wildman–Crippen LogP) is 5.39. The smallest absolute Gasteiger partial charge is 0.0727 e. The lowest BCUT2D eigenvalue weighted by atomic mass is 9.68. The molecule has 0 amide bonds. The van der Waals surface area contributed by atoms with Crippen LogP contribution in [0.15, 0.2) is 23.8 Å². The zero-order chi connectivity index (χ0) is 16.3. The zero-order valence-electron chi connectivity index (χ0n) is 15.2. The largest absolute Gasteiger partial charge is 0.382 e. The van der Waals surface area contributed by atoms with E-state index in [-0.39, 0.29) is 6.10 Å². The van der Waals surface area contributed by atoms with Gasteiger partial charge in [0.2, 0.25) is 0 Å². The normalized spacial score (nSPS) is 22.4. The Bertz CT molecular complexity index is 314. The Morgan fingerprint density at radius 3 is 2.29 bits per heavy atom. The molecule has 0 saturated carbocycles. The molecule has 2 unspecified atom stereocenters. The minimum absolute atomic E-state index is 0.232. The van der Waals surface area contributed by atoms with E-state index >= 15 is 0 Å². The summed E-state index contributed by atoms with van der Waals surface area (Å²) in [5, 5.41) is 0. The second-order valence-electron chi connectivity index (χ2n) is 6.28. The predicted molar refractivity (Wildman–Crippen MR) is 92.7 cm³/mol. The Kier molecular flexibility index (Phi) is 10.7. The second-order valence-corrected chi connectivity index (χ2v) is 6.28. The number of hydrogen-bond donors (Lipinski definition) is 0. The van der Waals surface area contributed by atoms with Crippen LogP contribution < -0.4 is 0 Å². The Hall–Kier alpha value is -0.600. The first-order valence-electron chi connectivity index (χ1n) is 8.43. The first-order chi connectivity index (χ1) is 9.88. The molecule has 2 heteroatoms. The molecule has 0 heterocycles. The molecule has 2 atom stereocenters. The molecular weight excluding hydrogens is 260 g/mol. The van der Waals surface area contributed by atoms with Gasteiger partial charge in [0.25, 0.3) is 0 Å². The van der Waals surface area contributed by atoms with E-state index < -0.39 is 0 Å². The fraction of sp³-hybridized carbons (Fsp3) is 0.789. The third-order valence-corrected chi connectivity index (χ3v) is 4.00. The molecule has 21 heavy (non-hydrogen) atoms. The van der Waals surface area contributed by atoms with Crippen molar-refractivity contribution < 1.29 is 9.47 Å². The van der Waals surface area contributed by atoms with E-state index in [1.54, 1.807) is 0 Å². The van der Waals surface area contributed by atoms with Crippen LogP contribution in [0.4, 0.5) is 0 Å². The summed E-state index contributed by atoms with van der Waals surface area (Å²) in [4.78, 5) is 0. The maximum atomic E-state index is 5.53. The maximum Gasteiger partial charge on any atom is 0.0727 e. The monoisotopic (exact) mass is 296 g/mol. The van der Waals surface area contributed by atoms with E-state index in [0.717, 1.165) is 19.8 Å². The quantitative estimate of drug-likeness (QED) is 0.612. The molecule has 1 aliphatic rings. The molecule has 124 valence electrons. The van der Waals surface area contributed by atoms with E-state index in [4.69, 9.17) is 9.47 Å². The third-order valence-electron chi connectivity index (χ3n) is 4.00. The Morgan fingerprint density at radius 2 is 1.86 bits per heavy atom. The minimum atomic E-state index is 0.232. The van der Waals surface area contributed by atoms with Crippen LogP contribution in [0.1, 0.15) is 61.3 Å². The third kappa shape index (κ3) is 8.43. The Morgan fingerprint density at radius 1 is 1.24 bits per heavy atom. The number of ether oxygens (including phenoxy) is 2. The number of hydrogen-bond acceptors (Lipinski definition) is 2. The van der Waals surface area contributed by atoms with Crippen molar-refractivity contribution in [2.45, 2.75) is 67.4 Å². The first kappa shape index (κ1) is 20.4. The fourth-order valence-electron chi connectivity index (χ4n) is 2.77. The van der Waals surface area contributed by atoms with Gasteiger partial charge in [0.1, 0.15) is 0 Å². The SMILES string of the molecule is CCOC(C)/C=C/C1C(C)=CCCC1(C)C.CCOCC. The lowest BCUT2D eigenvalue weighted by Crippen LogP contribution is -2.26. The highest BCUT2D eigenvalue weighted by atomic mass is 16.5. The van der Waals surface area contributed by atoms with Gasteiger partial charge >= 0.3 is 0 Å². The molecule has 2 nitrogen and oxygen atoms in total. The van der Waals surface area contributed by atoms with Crippen molar-refractivity contribution in [1.82, 2.24) is 0 Å². The van der Waals surface area contributed by atoms with Gasteiger partial charge in [-0.2, -0.15) is 0 Å². The summed E-state index contributed by atoms with van der Waals surface area (Å²) in [7, 11) is 0. The molecule has 0 radical (unpaired) electrons. The Balaban J connectivity index is 0.000000690. The van der Waals surface area contributed by atoms with Crippen LogP contribution in [0.5, 0.6) is 0 Å². The van der Waals surface area contributed by atoms with Crippen LogP contribution in [0.2, 0.25) is 0 Å². The number of allylic oxidation sites excluding steroid dienone is 3. The molecule has 0 aliphatic heterocycles. The average molecular weight is 296 g/mol. The van der Waals surface area contributed by atoms with Crippen molar-refractivity contribution in [1.29, 1.82) is 0 Å². The highest BCUT2D eigenvalue weighted by molar-refractivity contribution is 5.19. The average Bonchev–Trinajstić information content (AvgIpc) is 2.39. The summed E-state index contributed by atoms with van der Waals surface area (Å²) in [5.74, 6) is 0.573. The summed E-state index contributed by atoms with van der Waals surface area (Å²) >= 11 is 0. The standard InChI is InChI=1S/C15H26O.C4H10O/c1-6-16-13(3)9-10-14-12(2)8-7-11-15(14,4)5;1-3-5-4-2/h8-10,13-14H,6-7,11H2,1-5H3;3-4H2,1-2H3/b10-9+;. The topological polar surface area (TPSA) is 18.5 Å². The highest BCUT2D eigenvalue weighted by Gasteiger charge is 2.30. The summed E-state index contributed by atoms with van der Waals surface area (Å²) in [6, 6.07) is 0. The van der Waals surface area contributed by atoms with Crippen LogP contribution in [0.3, 0.4) is 0 Å². The second kappa shape index (κ2) is 11.0. The molecule has 0 aromatic rings. The summed E-state index contributed by atoms with van der Waals surface area (Å²) in [6.45, 7) is 17.6. The van der Waals surface area contributed by atoms with E-state index in [1.165, 1.54) is 18.4 Å². The molecule has 1 rings (SSSR count). The lowest BCUT2D eigenvalue weighted by molar-refractivity contribution is 0.108. The van der Waals surface area contributed by atoms with Gasteiger partial charge in [-0.1, -0.05) is 37.6 Å². The summed E-state index contributed by atoms with van der Waals surface area (Å²) < 4.78 is 10.4. The van der Waals surface area contributed by atoms with Gasteiger partial charge in [-0.05, 0) is 52.9 Å². The van der Waals surface area contributed by atoms with Crippen LogP contribution in [0, 0.1) is 11.3 Å². The molecule has 0 spiro atoms. The van der Waals surface area contributed by atoms with Crippen molar-refractivity contribution in [3.05, 3.63) is 23.8 Å². The van der Waals surface area contributed by atoms with Crippen molar-refractivity contribution >= 4 is 0 Å². The first-order valence-corrected chi connectivity index (χ1v) is 8.43.